The second kappa shape index (κ2) is 11.9. The fourth-order valence-electron chi connectivity index (χ4n) is 2.73. The summed E-state index contributed by atoms with van der Waals surface area (Å²) in [6.45, 7) is 5.99. The van der Waals surface area contributed by atoms with Gasteiger partial charge in [-0.05, 0) is 75.0 Å². The van der Waals surface area contributed by atoms with Crippen molar-refractivity contribution in [1.82, 2.24) is 5.32 Å². The number of nitrogens with one attached hydrogen (secondary N) is 3. The molecule has 0 unspecified atom stereocenters. The van der Waals surface area contributed by atoms with Crippen LogP contribution in [-0.4, -0.2) is 23.0 Å². The molecule has 0 spiro atoms. The first kappa shape index (κ1) is 23.3. The molecule has 0 aliphatic carbocycles. The molecule has 0 aliphatic heterocycles. The van der Waals surface area contributed by atoms with Gasteiger partial charge in [0, 0.05) is 23.4 Å². The predicted molar refractivity (Wildman–Crippen MR) is 125 cm³/mol. The molecule has 160 valence electrons. The van der Waals surface area contributed by atoms with Gasteiger partial charge in [-0.2, -0.15) is 0 Å². The quantitative estimate of drug-likeness (QED) is 0.382. The number of anilines is 2. The van der Waals surface area contributed by atoms with Crippen LogP contribution in [0.25, 0.3) is 0 Å². The molecule has 2 aromatic rings. The maximum atomic E-state index is 12.4. The number of amides is 2. The molecular weight excluding hydrogens is 398 g/mol. The third-order valence-electron chi connectivity index (χ3n) is 4.13. The van der Waals surface area contributed by atoms with E-state index in [9.17, 15) is 9.59 Å². The van der Waals surface area contributed by atoms with Crippen molar-refractivity contribution < 1.29 is 14.3 Å². The summed E-state index contributed by atoms with van der Waals surface area (Å²) in [5.41, 5.74) is 1.83. The lowest BCUT2D eigenvalue weighted by Gasteiger charge is -2.12. The molecule has 2 amide bonds. The lowest BCUT2D eigenvalue weighted by atomic mass is 10.2. The Bertz CT molecular complexity index is 866. The number of thiocarbonyl (C=S) groups is 1. The summed E-state index contributed by atoms with van der Waals surface area (Å²) in [5.74, 6) is 0.376. The zero-order chi connectivity index (χ0) is 21.9. The summed E-state index contributed by atoms with van der Waals surface area (Å²) < 4.78 is 5.58. The Hall–Kier alpha value is -2.93. The topological polar surface area (TPSA) is 79.5 Å². The second-order valence-corrected chi connectivity index (χ2v) is 7.59. The molecule has 0 fully saturated rings. The molecular formula is C23H29N3O3S. The third kappa shape index (κ3) is 8.21. The van der Waals surface area contributed by atoms with Crippen molar-refractivity contribution in [2.75, 3.05) is 10.6 Å². The number of rotatable bonds is 9. The number of hydrogen-bond acceptors (Lipinski definition) is 4. The summed E-state index contributed by atoms with van der Waals surface area (Å²) in [6, 6.07) is 14.1. The first-order chi connectivity index (χ1) is 14.4. The maximum absolute atomic E-state index is 12.4. The van der Waals surface area contributed by atoms with Gasteiger partial charge in [0.15, 0.2) is 5.11 Å². The van der Waals surface area contributed by atoms with E-state index >= 15 is 0 Å². The van der Waals surface area contributed by atoms with E-state index in [1.807, 2.05) is 32.0 Å². The van der Waals surface area contributed by atoms with Crippen molar-refractivity contribution in [1.29, 1.82) is 0 Å². The van der Waals surface area contributed by atoms with Crippen LogP contribution in [-0.2, 0) is 4.79 Å². The van der Waals surface area contributed by atoms with Crippen LogP contribution < -0.4 is 20.7 Å². The average Bonchev–Trinajstić information content (AvgIpc) is 2.68. The van der Waals surface area contributed by atoms with Crippen LogP contribution in [0, 0.1) is 0 Å². The van der Waals surface area contributed by atoms with Crippen LogP contribution in [0.2, 0.25) is 0 Å². The molecule has 0 bridgehead atoms. The first-order valence-electron chi connectivity index (χ1n) is 10.2. The zero-order valence-corrected chi connectivity index (χ0v) is 18.5. The highest BCUT2D eigenvalue weighted by atomic mass is 32.1. The Labute approximate surface area is 183 Å². The molecule has 0 aromatic heterocycles. The van der Waals surface area contributed by atoms with Crippen LogP contribution in [0.5, 0.6) is 5.75 Å². The van der Waals surface area contributed by atoms with E-state index in [0.717, 1.165) is 19.3 Å². The van der Waals surface area contributed by atoms with Crippen LogP contribution in [0.3, 0.4) is 0 Å². The van der Waals surface area contributed by atoms with Crippen molar-refractivity contribution in [2.45, 2.75) is 52.6 Å². The van der Waals surface area contributed by atoms with Crippen LogP contribution in [0.4, 0.5) is 11.4 Å². The number of unbranched alkanes of at least 4 members (excludes halogenated alkanes) is 2. The van der Waals surface area contributed by atoms with E-state index in [2.05, 4.69) is 22.9 Å². The summed E-state index contributed by atoms with van der Waals surface area (Å²) in [4.78, 5) is 24.4. The number of ether oxygens (including phenoxy) is 1. The minimum absolute atomic E-state index is 0.0126. The highest BCUT2D eigenvalue weighted by molar-refractivity contribution is 7.80. The molecule has 3 N–H and O–H groups in total. The lowest BCUT2D eigenvalue weighted by Crippen LogP contribution is -2.34. The normalized spacial score (nSPS) is 10.4. The highest BCUT2D eigenvalue weighted by Gasteiger charge is 2.09. The van der Waals surface area contributed by atoms with E-state index < -0.39 is 0 Å². The molecule has 0 aliphatic rings. The minimum Gasteiger partial charge on any atom is -0.491 e. The maximum Gasteiger partial charge on any atom is 0.257 e. The predicted octanol–water partition coefficient (Wildman–Crippen LogP) is 5.12. The van der Waals surface area contributed by atoms with E-state index in [0.29, 0.717) is 29.1 Å². The van der Waals surface area contributed by atoms with Crippen LogP contribution in [0.15, 0.2) is 48.5 Å². The Morgan fingerprint density at radius 1 is 1.00 bits per heavy atom. The molecule has 2 aromatic carbocycles. The van der Waals surface area contributed by atoms with Gasteiger partial charge in [-0.15, -0.1) is 0 Å². The van der Waals surface area contributed by atoms with E-state index in [1.54, 1.807) is 30.3 Å². The van der Waals surface area contributed by atoms with Gasteiger partial charge in [-0.1, -0.05) is 25.8 Å². The van der Waals surface area contributed by atoms with Crippen LogP contribution >= 0.6 is 12.2 Å². The third-order valence-corrected chi connectivity index (χ3v) is 4.33. The van der Waals surface area contributed by atoms with E-state index in [4.69, 9.17) is 17.0 Å². The molecule has 6 nitrogen and oxygen atoms in total. The van der Waals surface area contributed by atoms with Gasteiger partial charge in [0.1, 0.15) is 5.75 Å². The van der Waals surface area contributed by atoms with Crippen molar-refractivity contribution in [2.24, 2.45) is 0 Å². The number of benzene rings is 2. The van der Waals surface area contributed by atoms with Gasteiger partial charge in [-0.3, -0.25) is 14.9 Å². The minimum atomic E-state index is -0.316. The van der Waals surface area contributed by atoms with Crippen molar-refractivity contribution in [3.8, 4) is 5.75 Å². The molecule has 0 saturated heterocycles. The molecule has 0 atom stereocenters. The van der Waals surface area contributed by atoms with Gasteiger partial charge < -0.3 is 15.4 Å². The average molecular weight is 428 g/mol. The molecule has 0 radical (unpaired) electrons. The summed E-state index contributed by atoms with van der Waals surface area (Å²) in [5, 5.41) is 8.68. The summed E-state index contributed by atoms with van der Waals surface area (Å²) in [7, 11) is 0. The standard InChI is InChI=1S/C23H29N3O3S/c1-4-5-6-10-21(27)24-18-8-7-9-19(15-18)25-23(30)26-22(28)17-11-13-20(14-12-17)29-16(2)3/h7-9,11-16H,4-6,10H2,1-3H3,(H,24,27)(H2,25,26,28,30). The smallest absolute Gasteiger partial charge is 0.257 e. The van der Waals surface area contributed by atoms with E-state index in [1.165, 1.54) is 0 Å². The monoisotopic (exact) mass is 427 g/mol. The molecule has 0 heterocycles. The lowest BCUT2D eigenvalue weighted by molar-refractivity contribution is -0.116. The second-order valence-electron chi connectivity index (χ2n) is 7.19. The van der Waals surface area contributed by atoms with Gasteiger partial charge in [0.05, 0.1) is 6.10 Å². The largest absolute Gasteiger partial charge is 0.491 e. The molecule has 7 heteroatoms. The number of hydrogen-bond donors (Lipinski definition) is 3. The van der Waals surface area contributed by atoms with Gasteiger partial charge >= 0.3 is 0 Å². The first-order valence-corrected chi connectivity index (χ1v) is 10.6. The Morgan fingerprint density at radius 3 is 2.30 bits per heavy atom. The Balaban J connectivity index is 1.88. The summed E-state index contributed by atoms with van der Waals surface area (Å²) in [6.07, 6.45) is 3.56. The zero-order valence-electron chi connectivity index (χ0n) is 17.7. The Morgan fingerprint density at radius 2 is 1.67 bits per heavy atom. The number of carbonyl (C=O) groups is 2. The van der Waals surface area contributed by atoms with Gasteiger partial charge in [0.2, 0.25) is 5.91 Å². The summed E-state index contributed by atoms with van der Waals surface area (Å²) >= 11 is 5.24. The number of carbonyl (C=O) groups excluding carboxylic acids is 2. The van der Waals surface area contributed by atoms with Crippen molar-refractivity contribution >= 4 is 40.5 Å². The highest BCUT2D eigenvalue weighted by Crippen LogP contribution is 2.16. The van der Waals surface area contributed by atoms with Gasteiger partial charge in [0.25, 0.3) is 5.91 Å². The van der Waals surface area contributed by atoms with Crippen molar-refractivity contribution in [3.05, 3.63) is 54.1 Å². The SMILES string of the molecule is CCCCCC(=O)Nc1cccc(NC(=S)NC(=O)c2ccc(OC(C)C)cc2)c1. The fourth-order valence-corrected chi connectivity index (χ4v) is 2.94. The van der Waals surface area contributed by atoms with Crippen molar-refractivity contribution in [3.63, 3.8) is 0 Å². The molecule has 30 heavy (non-hydrogen) atoms. The molecule has 0 saturated carbocycles. The fraction of sp³-hybridized carbons (Fsp3) is 0.348. The Kier molecular flexibility index (Phi) is 9.28. The molecule has 2 rings (SSSR count). The van der Waals surface area contributed by atoms with Gasteiger partial charge in [-0.25, -0.2) is 0 Å². The van der Waals surface area contributed by atoms with E-state index in [-0.39, 0.29) is 23.0 Å². The van der Waals surface area contributed by atoms with Crippen LogP contribution in [0.1, 0.15) is 56.8 Å².